The molecule has 0 spiro atoms. The Morgan fingerprint density at radius 2 is 1.96 bits per heavy atom. The molecule has 2 heterocycles. The number of ether oxygens (including phenoxy) is 3. The van der Waals surface area contributed by atoms with Crippen molar-refractivity contribution in [3.8, 4) is 34.6 Å². The monoisotopic (exact) mass is 356 g/mol. The Balaban J connectivity index is 1.50. The molecule has 0 saturated heterocycles. The van der Waals surface area contributed by atoms with Gasteiger partial charge in [-0.3, -0.25) is 0 Å². The summed E-state index contributed by atoms with van der Waals surface area (Å²) in [5.74, 6) is 0.472. The van der Waals surface area contributed by atoms with Gasteiger partial charge >= 0.3 is 6.29 Å². The van der Waals surface area contributed by atoms with Crippen molar-refractivity contribution in [1.29, 1.82) is 5.26 Å². The fourth-order valence-electron chi connectivity index (χ4n) is 2.49. The summed E-state index contributed by atoms with van der Waals surface area (Å²) >= 11 is 0. The van der Waals surface area contributed by atoms with Gasteiger partial charge < -0.3 is 14.2 Å². The Labute approximate surface area is 145 Å². The number of alkyl halides is 2. The first-order valence-corrected chi connectivity index (χ1v) is 7.47. The summed E-state index contributed by atoms with van der Waals surface area (Å²) in [7, 11) is 0. The Hall–Kier alpha value is -3.67. The predicted octanol–water partition coefficient (Wildman–Crippen LogP) is 3.24. The quantitative estimate of drug-likeness (QED) is 0.771. The molecule has 1 aliphatic heterocycles. The van der Waals surface area contributed by atoms with Gasteiger partial charge in [0.1, 0.15) is 24.1 Å². The SMILES string of the molecule is N#Cc1n[nH]nc1-c1cccc(OCc2ccc3c(c2)OC(F)(F)O3)c1. The van der Waals surface area contributed by atoms with E-state index in [1.807, 2.05) is 6.07 Å². The Bertz CT molecular complexity index is 1010. The van der Waals surface area contributed by atoms with Gasteiger partial charge in [-0.15, -0.1) is 13.9 Å². The van der Waals surface area contributed by atoms with Crippen molar-refractivity contribution in [2.24, 2.45) is 0 Å². The highest BCUT2D eigenvalue weighted by Gasteiger charge is 2.43. The molecule has 0 fully saturated rings. The third-order valence-electron chi connectivity index (χ3n) is 3.63. The van der Waals surface area contributed by atoms with Crippen molar-refractivity contribution in [3.05, 3.63) is 53.7 Å². The van der Waals surface area contributed by atoms with Crippen molar-refractivity contribution >= 4 is 0 Å². The fourth-order valence-corrected chi connectivity index (χ4v) is 2.49. The standard InChI is InChI=1S/C17H10F2N4O3/c18-17(19)25-14-5-4-10(6-15(14)26-17)9-24-12-3-1-2-11(7-12)16-13(8-20)21-23-22-16/h1-7H,9H2,(H,21,22,23). The number of nitrogens with one attached hydrogen (secondary N) is 1. The molecule has 9 heteroatoms. The lowest BCUT2D eigenvalue weighted by atomic mass is 10.1. The topological polar surface area (TPSA) is 93.1 Å². The molecule has 0 atom stereocenters. The molecule has 0 aliphatic carbocycles. The Kier molecular flexibility index (Phi) is 3.65. The Morgan fingerprint density at radius 1 is 1.12 bits per heavy atom. The highest BCUT2D eigenvalue weighted by Crippen LogP contribution is 2.41. The first-order chi connectivity index (χ1) is 12.5. The van der Waals surface area contributed by atoms with Gasteiger partial charge in [0.05, 0.1) is 0 Å². The van der Waals surface area contributed by atoms with E-state index in [2.05, 4.69) is 24.9 Å². The van der Waals surface area contributed by atoms with Crippen LogP contribution in [0.4, 0.5) is 8.78 Å². The predicted molar refractivity (Wildman–Crippen MR) is 83.5 cm³/mol. The van der Waals surface area contributed by atoms with Crippen LogP contribution in [0.15, 0.2) is 42.5 Å². The number of rotatable bonds is 4. The number of aromatic amines is 1. The van der Waals surface area contributed by atoms with E-state index < -0.39 is 6.29 Å². The van der Waals surface area contributed by atoms with Crippen molar-refractivity contribution in [2.45, 2.75) is 12.9 Å². The van der Waals surface area contributed by atoms with Crippen LogP contribution in [0.25, 0.3) is 11.3 Å². The van der Waals surface area contributed by atoms with E-state index >= 15 is 0 Å². The minimum Gasteiger partial charge on any atom is -0.489 e. The van der Waals surface area contributed by atoms with Gasteiger partial charge in [-0.25, -0.2) is 0 Å². The van der Waals surface area contributed by atoms with Gasteiger partial charge in [0.25, 0.3) is 0 Å². The number of aromatic nitrogens is 3. The summed E-state index contributed by atoms with van der Waals surface area (Å²) in [6, 6.07) is 13.4. The molecule has 130 valence electrons. The molecular formula is C17H10F2N4O3. The molecular weight excluding hydrogens is 346 g/mol. The van der Waals surface area contributed by atoms with Crippen molar-refractivity contribution in [2.75, 3.05) is 0 Å². The van der Waals surface area contributed by atoms with E-state index in [9.17, 15) is 8.78 Å². The Morgan fingerprint density at radius 3 is 2.81 bits per heavy atom. The molecule has 0 radical (unpaired) electrons. The normalized spacial score (nSPS) is 14.0. The number of fused-ring (bicyclic) bond motifs is 1. The zero-order chi connectivity index (χ0) is 18.1. The molecule has 0 unspecified atom stereocenters. The molecule has 1 aliphatic rings. The first kappa shape index (κ1) is 15.8. The van der Waals surface area contributed by atoms with E-state index in [1.165, 1.54) is 12.1 Å². The number of hydrogen-bond donors (Lipinski definition) is 1. The maximum atomic E-state index is 13.0. The number of halogens is 2. The second-order valence-electron chi connectivity index (χ2n) is 5.40. The van der Waals surface area contributed by atoms with Crippen LogP contribution < -0.4 is 14.2 Å². The number of nitrogens with zero attached hydrogens (tertiary/aromatic N) is 3. The average Bonchev–Trinajstić information content (AvgIpc) is 3.22. The summed E-state index contributed by atoms with van der Waals surface area (Å²) in [4.78, 5) is 0. The zero-order valence-corrected chi connectivity index (χ0v) is 13.1. The molecule has 0 amide bonds. The molecule has 26 heavy (non-hydrogen) atoms. The van der Waals surface area contributed by atoms with Crippen LogP contribution in [0.5, 0.6) is 17.2 Å². The first-order valence-electron chi connectivity index (χ1n) is 7.47. The van der Waals surface area contributed by atoms with Gasteiger partial charge in [-0.05, 0) is 29.8 Å². The minimum atomic E-state index is -3.65. The second kappa shape index (κ2) is 6.00. The number of H-pyrrole nitrogens is 1. The highest BCUT2D eigenvalue weighted by atomic mass is 19.3. The molecule has 3 aromatic rings. The van der Waals surface area contributed by atoms with Gasteiger partial charge in [0, 0.05) is 5.56 Å². The maximum absolute atomic E-state index is 13.0. The van der Waals surface area contributed by atoms with Crippen LogP contribution in [0.3, 0.4) is 0 Å². The molecule has 7 nitrogen and oxygen atoms in total. The third-order valence-corrected chi connectivity index (χ3v) is 3.63. The van der Waals surface area contributed by atoms with E-state index in [1.54, 1.807) is 30.3 Å². The second-order valence-corrected chi connectivity index (χ2v) is 5.40. The smallest absolute Gasteiger partial charge is 0.489 e. The number of nitriles is 1. The fraction of sp³-hybridized carbons (Fsp3) is 0.118. The maximum Gasteiger partial charge on any atom is 0.586 e. The summed E-state index contributed by atoms with van der Waals surface area (Å²) in [6.07, 6.45) is -3.65. The molecule has 1 N–H and O–H groups in total. The van der Waals surface area contributed by atoms with Crippen LogP contribution >= 0.6 is 0 Å². The largest absolute Gasteiger partial charge is 0.586 e. The van der Waals surface area contributed by atoms with E-state index in [0.29, 0.717) is 22.6 Å². The third kappa shape index (κ3) is 3.00. The van der Waals surface area contributed by atoms with E-state index in [4.69, 9.17) is 10.00 Å². The lowest BCUT2D eigenvalue weighted by Gasteiger charge is -2.08. The van der Waals surface area contributed by atoms with Gasteiger partial charge in [-0.1, -0.05) is 18.2 Å². The summed E-state index contributed by atoms with van der Waals surface area (Å²) < 4.78 is 40.6. The van der Waals surface area contributed by atoms with Crippen LogP contribution in [0, 0.1) is 11.3 Å². The van der Waals surface area contributed by atoms with E-state index in [-0.39, 0.29) is 23.8 Å². The summed E-state index contributed by atoms with van der Waals surface area (Å²) in [6.45, 7) is 0.135. The van der Waals surface area contributed by atoms with Crippen LogP contribution in [0.2, 0.25) is 0 Å². The van der Waals surface area contributed by atoms with Crippen molar-refractivity contribution in [1.82, 2.24) is 15.4 Å². The van der Waals surface area contributed by atoms with E-state index in [0.717, 1.165) is 0 Å². The van der Waals surface area contributed by atoms with Crippen molar-refractivity contribution < 1.29 is 23.0 Å². The molecule has 0 bridgehead atoms. The van der Waals surface area contributed by atoms with Crippen LogP contribution in [-0.2, 0) is 6.61 Å². The molecule has 2 aromatic carbocycles. The molecule has 0 saturated carbocycles. The number of benzene rings is 2. The molecule has 4 rings (SSSR count). The lowest BCUT2D eigenvalue weighted by molar-refractivity contribution is -0.286. The van der Waals surface area contributed by atoms with Crippen LogP contribution in [0.1, 0.15) is 11.3 Å². The average molecular weight is 356 g/mol. The van der Waals surface area contributed by atoms with Crippen molar-refractivity contribution in [3.63, 3.8) is 0 Å². The minimum absolute atomic E-state index is 0.0178. The molecule has 1 aromatic heterocycles. The van der Waals surface area contributed by atoms with Gasteiger partial charge in [0.15, 0.2) is 17.2 Å². The van der Waals surface area contributed by atoms with Gasteiger partial charge in [-0.2, -0.15) is 15.6 Å². The van der Waals surface area contributed by atoms with Crippen LogP contribution in [-0.4, -0.2) is 21.7 Å². The summed E-state index contributed by atoms with van der Waals surface area (Å²) in [5, 5.41) is 19.1. The highest BCUT2D eigenvalue weighted by molar-refractivity contribution is 5.65. The van der Waals surface area contributed by atoms with Gasteiger partial charge in [0.2, 0.25) is 0 Å². The lowest BCUT2D eigenvalue weighted by Crippen LogP contribution is -2.25. The zero-order valence-electron chi connectivity index (χ0n) is 13.1. The number of hydrogen-bond acceptors (Lipinski definition) is 6. The summed E-state index contributed by atoms with van der Waals surface area (Å²) in [5.41, 5.74) is 1.90.